The Labute approximate surface area is 196 Å². The van der Waals surface area contributed by atoms with E-state index >= 15 is 0 Å². The molecule has 2 aromatic carbocycles. The van der Waals surface area contributed by atoms with Gasteiger partial charge in [0.15, 0.2) is 5.96 Å². The zero-order valence-corrected chi connectivity index (χ0v) is 20.5. The summed E-state index contributed by atoms with van der Waals surface area (Å²) in [7, 11) is 5.60. The average molecular weight is 571 g/mol. The van der Waals surface area contributed by atoms with Crippen molar-refractivity contribution < 1.29 is 4.74 Å². The first-order valence-electron chi connectivity index (χ1n) is 8.83. The van der Waals surface area contributed by atoms with E-state index in [0.29, 0.717) is 13.1 Å². The summed E-state index contributed by atoms with van der Waals surface area (Å²) in [5.74, 6) is 3.21. The molecule has 7 nitrogen and oxygen atoms in total. The Morgan fingerprint density at radius 3 is 2.66 bits per heavy atom. The van der Waals surface area contributed by atoms with E-state index < -0.39 is 0 Å². The fourth-order valence-electron chi connectivity index (χ4n) is 2.69. The number of nitrogens with zero attached hydrogens (tertiary/aromatic N) is 5. The van der Waals surface area contributed by atoms with Crippen molar-refractivity contribution in [3.8, 4) is 11.5 Å². The summed E-state index contributed by atoms with van der Waals surface area (Å²) < 4.78 is 8.79. The molecule has 3 aromatic rings. The Kier molecular flexibility index (Phi) is 8.90. The first-order chi connectivity index (χ1) is 13.6. The van der Waals surface area contributed by atoms with E-state index in [1.165, 1.54) is 0 Å². The van der Waals surface area contributed by atoms with Gasteiger partial charge in [0, 0.05) is 37.7 Å². The smallest absolute Gasteiger partial charge is 0.194 e. The molecular weight excluding hydrogens is 547 g/mol. The molecule has 1 aromatic heterocycles. The molecule has 1 N–H and O–H groups in total. The third kappa shape index (κ3) is 6.43. The van der Waals surface area contributed by atoms with Crippen LogP contribution < -0.4 is 10.1 Å². The van der Waals surface area contributed by atoms with Crippen LogP contribution in [0.25, 0.3) is 0 Å². The molecule has 0 aliphatic carbocycles. The van der Waals surface area contributed by atoms with Crippen LogP contribution in [-0.4, -0.2) is 39.7 Å². The maximum absolute atomic E-state index is 6.07. The number of hydrogen-bond acceptors (Lipinski definition) is 4. The van der Waals surface area contributed by atoms with Crippen LogP contribution in [0.2, 0.25) is 0 Å². The molecule has 0 amide bonds. The van der Waals surface area contributed by atoms with Gasteiger partial charge in [-0.25, -0.2) is 4.98 Å². The predicted molar refractivity (Wildman–Crippen MR) is 129 cm³/mol. The quantitative estimate of drug-likeness (QED) is 0.273. The molecule has 154 valence electrons. The molecule has 0 bridgehead atoms. The van der Waals surface area contributed by atoms with Crippen molar-refractivity contribution in [3.63, 3.8) is 0 Å². The van der Waals surface area contributed by atoms with Crippen LogP contribution in [0.3, 0.4) is 0 Å². The Bertz CT molecular complexity index is 947. The van der Waals surface area contributed by atoms with Crippen LogP contribution in [0.1, 0.15) is 11.4 Å². The van der Waals surface area contributed by atoms with Crippen LogP contribution in [0.15, 0.2) is 64.3 Å². The summed E-state index contributed by atoms with van der Waals surface area (Å²) in [5.41, 5.74) is 1.03. The summed E-state index contributed by atoms with van der Waals surface area (Å²) >= 11 is 3.52. The Morgan fingerprint density at radius 2 is 2.00 bits per heavy atom. The van der Waals surface area contributed by atoms with Crippen LogP contribution in [-0.2, 0) is 20.1 Å². The van der Waals surface area contributed by atoms with Gasteiger partial charge in [0.25, 0.3) is 0 Å². The molecule has 29 heavy (non-hydrogen) atoms. The normalized spacial score (nSPS) is 11.0. The number of benzene rings is 2. The fourth-order valence-corrected chi connectivity index (χ4v) is 3.03. The number of hydrogen-bond donors (Lipinski definition) is 1. The number of rotatable bonds is 6. The molecule has 0 saturated carbocycles. The van der Waals surface area contributed by atoms with Crippen molar-refractivity contribution in [1.29, 1.82) is 0 Å². The van der Waals surface area contributed by atoms with E-state index in [1.54, 1.807) is 18.1 Å². The van der Waals surface area contributed by atoms with Gasteiger partial charge in [-0.15, -0.1) is 24.0 Å². The van der Waals surface area contributed by atoms with Crippen molar-refractivity contribution in [2.24, 2.45) is 12.0 Å². The fraction of sp³-hybridized carbons (Fsp3) is 0.250. The number of aliphatic imine (C=N–C) groups is 1. The summed E-state index contributed by atoms with van der Waals surface area (Å²) in [6, 6.07) is 15.7. The maximum Gasteiger partial charge on any atom is 0.194 e. The second-order valence-corrected chi connectivity index (χ2v) is 7.14. The molecular formula is C20H24BrIN6O. The zero-order valence-electron chi connectivity index (χ0n) is 16.5. The van der Waals surface area contributed by atoms with Crippen LogP contribution in [0.4, 0.5) is 0 Å². The molecule has 0 saturated heterocycles. The SMILES string of the molecule is CN=C(NCc1ccc(Br)cc1Oc1ccccc1)N(C)Cc1ncnn1C.I. The van der Waals surface area contributed by atoms with Crippen molar-refractivity contribution in [3.05, 3.63) is 70.7 Å². The molecule has 3 rings (SSSR count). The molecule has 0 radical (unpaired) electrons. The van der Waals surface area contributed by atoms with E-state index in [-0.39, 0.29) is 24.0 Å². The summed E-state index contributed by atoms with van der Waals surface area (Å²) in [6.07, 6.45) is 1.55. The highest BCUT2D eigenvalue weighted by molar-refractivity contribution is 14.0. The number of halogens is 2. The van der Waals surface area contributed by atoms with E-state index in [9.17, 15) is 0 Å². The number of nitrogens with one attached hydrogen (secondary N) is 1. The number of guanidine groups is 1. The third-order valence-electron chi connectivity index (χ3n) is 4.19. The molecule has 1 heterocycles. The molecule has 9 heteroatoms. The van der Waals surface area contributed by atoms with Crippen molar-refractivity contribution >= 4 is 45.9 Å². The minimum atomic E-state index is 0. The first-order valence-corrected chi connectivity index (χ1v) is 9.62. The van der Waals surface area contributed by atoms with Gasteiger partial charge in [-0.05, 0) is 24.3 Å². The van der Waals surface area contributed by atoms with Gasteiger partial charge in [0.2, 0.25) is 0 Å². The number of aromatic nitrogens is 3. The largest absolute Gasteiger partial charge is 0.457 e. The highest BCUT2D eigenvalue weighted by Gasteiger charge is 2.12. The topological polar surface area (TPSA) is 67.6 Å². The highest BCUT2D eigenvalue weighted by Crippen LogP contribution is 2.28. The Balaban J connectivity index is 0.00000300. The number of para-hydroxylation sites is 1. The second kappa shape index (κ2) is 11.1. The van der Waals surface area contributed by atoms with Gasteiger partial charge in [0.05, 0.1) is 6.54 Å². The minimum absolute atomic E-state index is 0. The van der Waals surface area contributed by atoms with E-state index in [2.05, 4.69) is 36.3 Å². The summed E-state index contributed by atoms with van der Waals surface area (Å²) in [6.45, 7) is 1.18. The van der Waals surface area contributed by atoms with Gasteiger partial charge in [0.1, 0.15) is 23.7 Å². The lowest BCUT2D eigenvalue weighted by Gasteiger charge is -2.22. The molecule has 0 aliphatic rings. The Morgan fingerprint density at radius 1 is 1.24 bits per heavy atom. The average Bonchev–Trinajstić information content (AvgIpc) is 3.09. The molecule has 0 fully saturated rings. The van der Waals surface area contributed by atoms with Gasteiger partial charge < -0.3 is 15.0 Å². The lowest BCUT2D eigenvalue weighted by atomic mass is 10.2. The van der Waals surface area contributed by atoms with Gasteiger partial charge in [-0.2, -0.15) is 5.10 Å². The monoisotopic (exact) mass is 570 g/mol. The predicted octanol–water partition coefficient (Wildman–Crippen LogP) is 4.20. The third-order valence-corrected chi connectivity index (χ3v) is 4.69. The van der Waals surface area contributed by atoms with Crippen LogP contribution in [0, 0.1) is 0 Å². The van der Waals surface area contributed by atoms with Crippen molar-refractivity contribution in [1.82, 2.24) is 25.0 Å². The maximum atomic E-state index is 6.07. The lowest BCUT2D eigenvalue weighted by molar-refractivity contribution is 0.445. The number of aryl methyl sites for hydroxylation is 1. The van der Waals surface area contributed by atoms with Gasteiger partial charge in [-0.3, -0.25) is 9.67 Å². The Hall–Kier alpha value is -2.14. The lowest BCUT2D eigenvalue weighted by Crippen LogP contribution is -2.38. The standard InChI is InChI=1S/C20H23BrN6O.HI/c1-22-20(26(2)13-19-24-14-25-27(19)3)23-12-15-9-10-16(21)11-18(15)28-17-7-5-4-6-8-17;/h4-11,14H,12-13H2,1-3H3,(H,22,23);1H. The van der Waals surface area contributed by atoms with Crippen LogP contribution in [0.5, 0.6) is 11.5 Å². The van der Waals surface area contributed by atoms with Gasteiger partial charge >= 0.3 is 0 Å². The summed E-state index contributed by atoms with van der Waals surface area (Å²) in [4.78, 5) is 10.6. The summed E-state index contributed by atoms with van der Waals surface area (Å²) in [5, 5.41) is 7.49. The van der Waals surface area contributed by atoms with Crippen molar-refractivity contribution in [2.45, 2.75) is 13.1 Å². The molecule has 0 aliphatic heterocycles. The van der Waals surface area contributed by atoms with Gasteiger partial charge in [-0.1, -0.05) is 40.2 Å². The van der Waals surface area contributed by atoms with E-state index in [0.717, 1.165) is 33.3 Å². The van der Waals surface area contributed by atoms with Crippen molar-refractivity contribution in [2.75, 3.05) is 14.1 Å². The van der Waals surface area contributed by atoms with E-state index in [4.69, 9.17) is 4.74 Å². The molecule has 0 atom stereocenters. The molecule has 0 unspecified atom stereocenters. The van der Waals surface area contributed by atoms with Crippen LogP contribution >= 0.6 is 39.9 Å². The highest BCUT2D eigenvalue weighted by atomic mass is 127. The second-order valence-electron chi connectivity index (χ2n) is 6.22. The number of ether oxygens (including phenoxy) is 1. The van der Waals surface area contributed by atoms with E-state index in [1.807, 2.05) is 67.5 Å². The molecule has 0 spiro atoms. The minimum Gasteiger partial charge on any atom is -0.457 e. The first kappa shape index (κ1) is 23.1. The zero-order chi connectivity index (χ0) is 19.9.